The Bertz CT molecular complexity index is 385. The van der Waals surface area contributed by atoms with Crippen LogP contribution in [0.2, 0.25) is 0 Å². The first-order valence-electron chi connectivity index (χ1n) is 8.24. The zero-order valence-electron chi connectivity index (χ0n) is 14.7. The second-order valence-electron chi connectivity index (χ2n) is 8.81. The highest BCUT2D eigenvalue weighted by Crippen LogP contribution is 2.42. The first-order chi connectivity index (χ1) is 9.51. The quantitative estimate of drug-likeness (QED) is 0.686. The maximum Gasteiger partial charge on any atom is 0.410 e. The molecular weight excluding hydrogens is 264 g/mol. The zero-order valence-corrected chi connectivity index (χ0v) is 14.7. The molecule has 0 bridgehead atoms. The summed E-state index contributed by atoms with van der Waals surface area (Å²) in [6.45, 7) is 16.7. The summed E-state index contributed by atoms with van der Waals surface area (Å²) in [4.78, 5) is 16.6. The lowest BCUT2D eigenvalue weighted by atomic mass is 9.78. The van der Waals surface area contributed by atoms with E-state index in [4.69, 9.17) is 4.74 Å². The summed E-state index contributed by atoms with van der Waals surface area (Å²) in [5.41, 5.74) is 0.278. The van der Waals surface area contributed by atoms with E-state index in [1.54, 1.807) is 0 Å². The fourth-order valence-electron chi connectivity index (χ4n) is 3.41. The maximum absolute atomic E-state index is 12.1. The van der Waals surface area contributed by atoms with Crippen LogP contribution in [0.5, 0.6) is 0 Å². The van der Waals surface area contributed by atoms with Crippen molar-refractivity contribution in [3.05, 3.63) is 0 Å². The summed E-state index contributed by atoms with van der Waals surface area (Å²) >= 11 is 0. The van der Waals surface area contributed by atoms with Crippen molar-refractivity contribution in [2.75, 3.05) is 26.2 Å². The molecule has 0 atom stereocenters. The van der Waals surface area contributed by atoms with Crippen LogP contribution in [0.15, 0.2) is 0 Å². The minimum Gasteiger partial charge on any atom is -0.444 e. The molecule has 0 radical (unpaired) electrons. The lowest BCUT2D eigenvalue weighted by molar-refractivity contribution is 0.00971. The third-order valence-corrected chi connectivity index (χ3v) is 4.86. The number of likely N-dealkylation sites (tertiary alicyclic amines) is 2. The van der Waals surface area contributed by atoms with Crippen LogP contribution in [-0.4, -0.2) is 53.2 Å². The van der Waals surface area contributed by atoms with Gasteiger partial charge in [0, 0.05) is 25.2 Å². The number of ether oxygens (including phenoxy) is 1. The van der Waals surface area contributed by atoms with Gasteiger partial charge in [0.05, 0.1) is 0 Å². The number of rotatable bonds is 0. The topological polar surface area (TPSA) is 32.8 Å². The predicted octanol–water partition coefficient (Wildman–Crippen LogP) is 3.51. The maximum atomic E-state index is 12.1. The second kappa shape index (κ2) is 5.45. The van der Waals surface area contributed by atoms with Crippen molar-refractivity contribution in [3.63, 3.8) is 0 Å². The van der Waals surface area contributed by atoms with Gasteiger partial charge in [-0.2, -0.15) is 0 Å². The normalized spacial score (nSPS) is 23.6. The third-order valence-electron chi connectivity index (χ3n) is 4.86. The Kier molecular flexibility index (Phi) is 4.31. The van der Waals surface area contributed by atoms with E-state index >= 15 is 0 Å². The number of nitrogens with zero attached hydrogens (tertiary/aromatic N) is 2. The smallest absolute Gasteiger partial charge is 0.410 e. The lowest BCUT2D eigenvalue weighted by Gasteiger charge is -2.41. The summed E-state index contributed by atoms with van der Waals surface area (Å²) in [5, 5.41) is 0. The van der Waals surface area contributed by atoms with Crippen LogP contribution in [-0.2, 0) is 4.74 Å². The SMILES string of the molecule is CC(C)(C)OC(=O)N1CCC2(CC1)CCN(C(C)(C)C)C2. The van der Waals surface area contributed by atoms with Crippen LogP contribution in [0.25, 0.3) is 0 Å². The van der Waals surface area contributed by atoms with E-state index in [2.05, 4.69) is 25.7 Å². The summed E-state index contributed by atoms with van der Waals surface area (Å²) in [7, 11) is 0. The van der Waals surface area contributed by atoms with E-state index in [0.29, 0.717) is 5.41 Å². The fraction of sp³-hybridized carbons (Fsp3) is 0.941. The molecule has 4 heteroatoms. The van der Waals surface area contributed by atoms with Crippen molar-refractivity contribution < 1.29 is 9.53 Å². The molecule has 2 saturated heterocycles. The Labute approximate surface area is 129 Å². The molecule has 0 aromatic carbocycles. The molecule has 4 nitrogen and oxygen atoms in total. The van der Waals surface area contributed by atoms with Crippen LogP contribution in [0.3, 0.4) is 0 Å². The predicted molar refractivity (Wildman–Crippen MR) is 85.4 cm³/mol. The Morgan fingerprint density at radius 1 is 0.952 bits per heavy atom. The monoisotopic (exact) mass is 296 g/mol. The molecule has 1 amide bonds. The Hall–Kier alpha value is -0.770. The average molecular weight is 296 g/mol. The molecule has 0 N–H and O–H groups in total. The highest BCUT2D eigenvalue weighted by atomic mass is 16.6. The van der Waals surface area contributed by atoms with E-state index in [1.165, 1.54) is 19.5 Å². The van der Waals surface area contributed by atoms with Gasteiger partial charge in [0.25, 0.3) is 0 Å². The number of amides is 1. The van der Waals surface area contributed by atoms with Gasteiger partial charge in [0.15, 0.2) is 0 Å². The van der Waals surface area contributed by atoms with Crippen molar-refractivity contribution in [1.29, 1.82) is 0 Å². The standard InChI is InChI=1S/C17H32N2O2/c1-15(2,3)19-12-9-17(13-19)7-10-18(11-8-17)14(20)21-16(4,5)6/h7-13H2,1-6H3. The Morgan fingerprint density at radius 2 is 1.48 bits per heavy atom. The van der Waals surface area contributed by atoms with Crippen LogP contribution in [0, 0.1) is 5.41 Å². The van der Waals surface area contributed by atoms with Gasteiger partial charge < -0.3 is 9.64 Å². The van der Waals surface area contributed by atoms with E-state index in [0.717, 1.165) is 25.9 Å². The molecule has 21 heavy (non-hydrogen) atoms. The molecule has 2 aliphatic heterocycles. The van der Waals surface area contributed by atoms with Gasteiger partial charge in [-0.25, -0.2) is 4.79 Å². The van der Waals surface area contributed by atoms with Gasteiger partial charge in [0.2, 0.25) is 0 Å². The average Bonchev–Trinajstić information content (AvgIpc) is 2.72. The number of hydrogen-bond acceptors (Lipinski definition) is 3. The van der Waals surface area contributed by atoms with Gasteiger partial charge in [-0.3, -0.25) is 4.90 Å². The lowest BCUT2D eigenvalue weighted by Crippen LogP contribution is -2.47. The molecule has 122 valence electrons. The van der Waals surface area contributed by atoms with Crippen molar-refractivity contribution >= 4 is 6.09 Å². The molecular formula is C17H32N2O2. The molecule has 0 saturated carbocycles. The van der Waals surface area contributed by atoms with Crippen molar-refractivity contribution in [2.24, 2.45) is 5.41 Å². The summed E-state index contributed by atoms with van der Waals surface area (Å²) in [6, 6.07) is 0. The molecule has 0 aromatic rings. The highest BCUT2D eigenvalue weighted by molar-refractivity contribution is 5.68. The molecule has 1 spiro atoms. The molecule has 2 rings (SSSR count). The van der Waals surface area contributed by atoms with Gasteiger partial charge in [-0.15, -0.1) is 0 Å². The molecule has 2 aliphatic rings. The Balaban J connectivity index is 1.88. The Morgan fingerprint density at radius 3 is 1.90 bits per heavy atom. The van der Waals surface area contributed by atoms with E-state index in [1.807, 2.05) is 25.7 Å². The van der Waals surface area contributed by atoms with Crippen molar-refractivity contribution in [2.45, 2.75) is 71.9 Å². The van der Waals surface area contributed by atoms with Crippen LogP contribution >= 0.6 is 0 Å². The van der Waals surface area contributed by atoms with E-state index in [9.17, 15) is 4.79 Å². The minimum absolute atomic E-state index is 0.150. The first kappa shape index (κ1) is 16.6. The zero-order chi connectivity index (χ0) is 15.9. The molecule has 0 aromatic heterocycles. The first-order valence-corrected chi connectivity index (χ1v) is 8.24. The van der Waals surface area contributed by atoms with Crippen LogP contribution < -0.4 is 0 Å². The number of hydrogen-bond donors (Lipinski definition) is 0. The number of piperidine rings is 1. The van der Waals surface area contributed by atoms with Gasteiger partial charge in [-0.05, 0) is 72.8 Å². The van der Waals surface area contributed by atoms with Gasteiger partial charge >= 0.3 is 6.09 Å². The second-order valence-corrected chi connectivity index (χ2v) is 8.81. The molecule has 2 heterocycles. The minimum atomic E-state index is -0.400. The van der Waals surface area contributed by atoms with Crippen LogP contribution in [0.4, 0.5) is 4.79 Å². The third kappa shape index (κ3) is 4.12. The highest BCUT2D eigenvalue weighted by Gasteiger charge is 2.44. The fourth-order valence-corrected chi connectivity index (χ4v) is 3.41. The number of carbonyl (C=O) groups is 1. The summed E-state index contributed by atoms with van der Waals surface area (Å²) in [6.07, 6.45) is 3.34. The molecule has 2 fully saturated rings. The van der Waals surface area contributed by atoms with E-state index in [-0.39, 0.29) is 11.6 Å². The van der Waals surface area contributed by atoms with Gasteiger partial charge in [-0.1, -0.05) is 0 Å². The molecule has 0 aliphatic carbocycles. The van der Waals surface area contributed by atoms with Crippen LogP contribution in [0.1, 0.15) is 60.8 Å². The summed E-state index contributed by atoms with van der Waals surface area (Å²) in [5.74, 6) is 0. The van der Waals surface area contributed by atoms with E-state index < -0.39 is 5.60 Å². The summed E-state index contributed by atoms with van der Waals surface area (Å²) < 4.78 is 5.48. The van der Waals surface area contributed by atoms with Crippen molar-refractivity contribution in [3.8, 4) is 0 Å². The largest absolute Gasteiger partial charge is 0.444 e. The van der Waals surface area contributed by atoms with Gasteiger partial charge in [0.1, 0.15) is 5.60 Å². The number of carbonyl (C=O) groups excluding carboxylic acids is 1. The molecule has 0 unspecified atom stereocenters. The van der Waals surface area contributed by atoms with Crippen molar-refractivity contribution in [1.82, 2.24) is 9.80 Å².